The number of aliphatic hydroxyl groups excluding tert-OH is 1. The summed E-state index contributed by atoms with van der Waals surface area (Å²) in [6.07, 6.45) is 3.98. The monoisotopic (exact) mass is 297 g/mol. The van der Waals surface area contributed by atoms with E-state index >= 15 is 0 Å². The molecular weight excluding hydrogens is 274 g/mol. The fourth-order valence-corrected chi connectivity index (χ4v) is 3.04. The zero-order valence-corrected chi connectivity index (χ0v) is 12.7. The highest BCUT2D eigenvalue weighted by Gasteiger charge is 2.22. The molecule has 1 aliphatic rings. The number of hydrogen-bond donors (Lipinski definition) is 2. The summed E-state index contributed by atoms with van der Waals surface area (Å²) in [5.74, 6) is 1.06. The maximum absolute atomic E-state index is 9.66. The Bertz CT molecular complexity index is 553. The van der Waals surface area contributed by atoms with Crippen LogP contribution in [0.25, 0.3) is 0 Å². The molecule has 2 aromatic rings. The molecule has 1 aliphatic heterocycles. The van der Waals surface area contributed by atoms with E-state index in [0.717, 1.165) is 37.3 Å². The predicted octanol–water partition coefficient (Wildman–Crippen LogP) is 2.37. The maximum Gasteiger partial charge on any atom is 0.128 e. The Kier molecular flexibility index (Phi) is 5.03. The summed E-state index contributed by atoms with van der Waals surface area (Å²) in [6, 6.07) is 16.7. The van der Waals surface area contributed by atoms with Crippen LogP contribution in [0.4, 0.5) is 5.82 Å². The Hall–Kier alpha value is -1.91. The van der Waals surface area contributed by atoms with Gasteiger partial charge in [-0.05, 0) is 30.5 Å². The zero-order valence-electron chi connectivity index (χ0n) is 12.7. The molecule has 2 heterocycles. The molecule has 0 bridgehead atoms. The van der Waals surface area contributed by atoms with Crippen LogP contribution in [0.15, 0.2) is 54.7 Å². The minimum absolute atomic E-state index is 0.0209. The highest BCUT2D eigenvalue weighted by molar-refractivity contribution is 5.38. The van der Waals surface area contributed by atoms with Crippen LogP contribution in [-0.4, -0.2) is 35.8 Å². The van der Waals surface area contributed by atoms with E-state index in [2.05, 4.69) is 33.4 Å². The van der Waals surface area contributed by atoms with Crippen LogP contribution in [0.2, 0.25) is 0 Å². The van der Waals surface area contributed by atoms with Gasteiger partial charge >= 0.3 is 0 Å². The number of aromatic nitrogens is 1. The first-order valence-corrected chi connectivity index (χ1v) is 7.94. The molecule has 0 unspecified atom stereocenters. The number of anilines is 1. The van der Waals surface area contributed by atoms with Gasteiger partial charge in [0, 0.05) is 25.3 Å². The number of aliphatic hydroxyl groups is 1. The second-order valence-electron chi connectivity index (χ2n) is 5.76. The average molecular weight is 297 g/mol. The first kappa shape index (κ1) is 15.0. The van der Waals surface area contributed by atoms with Crippen molar-refractivity contribution in [3.05, 3.63) is 60.3 Å². The summed E-state index contributed by atoms with van der Waals surface area (Å²) in [5.41, 5.74) is 1.15. The van der Waals surface area contributed by atoms with Gasteiger partial charge in [0.05, 0.1) is 12.6 Å². The number of nitrogens with zero attached hydrogens (tertiary/aromatic N) is 2. The van der Waals surface area contributed by atoms with Crippen molar-refractivity contribution in [2.75, 3.05) is 24.6 Å². The van der Waals surface area contributed by atoms with Crippen molar-refractivity contribution < 1.29 is 5.11 Å². The Labute approximate surface area is 131 Å². The molecule has 0 amide bonds. The van der Waals surface area contributed by atoms with Crippen molar-refractivity contribution in [1.82, 2.24) is 10.3 Å². The molecule has 1 aromatic carbocycles. The summed E-state index contributed by atoms with van der Waals surface area (Å²) in [4.78, 5) is 6.75. The lowest BCUT2D eigenvalue weighted by atomic mass is 10.0. The van der Waals surface area contributed by atoms with Crippen molar-refractivity contribution >= 4 is 5.82 Å². The summed E-state index contributed by atoms with van der Waals surface area (Å²) >= 11 is 0. The minimum atomic E-state index is 0.0209. The first-order valence-electron chi connectivity index (χ1n) is 7.94. The predicted molar refractivity (Wildman–Crippen MR) is 88.9 cm³/mol. The van der Waals surface area contributed by atoms with Crippen molar-refractivity contribution in [1.29, 1.82) is 0 Å². The summed E-state index contributed by atoms with van der Waals surface area (Å²) in [6.45, 7) is 2.13. The molecule has 0 radical (unpaired) electrons. The second-order valence-corrected chi connectivity index (χ2v) is 5.76. The Morgan fingerprint density at radius 3 is 2.45 bits per heavy atom. The minimum Gasteiger partial charge on any atom is -0.394 e. The number of rotatable bonds is 5. The lowest BCUT2D eigenvalue weighted by Gasteiger charge is -2.35. The highest BCUT2D eigenvalue weighted by atomic mass is 16.3. The molecule has 0 spiro atoms. The van der Waals surface area contributed by atoms with Crippen molar-refractivity contribution in [3.8, 4) is 0 Å². The van der Waals surface area contributed by atoms with E-state index in [1.165, 1.54) is 0 Å². The average Bonchev–Trinajstić information content (AvgIpc) is 2.62. The van der Waals surface area contributed by atoms with Crippen LogP contribution in [-0.2, 0) is 0 Å². The topological polar surface area (TPSA) is 48.4 Å². The van der Waals surface area contributed by atoms with E-state index in [1.54, 1.807) is 0 Å². The molecule has 1 atom stereocenters. The second kappa shape index (κ2) is 7.38. The van der Waals surface area contributed by atoms with Gasteiger partial charge in [-0.2, -0.15) is 0 Å². The molecule has 0 aliphatic carbocycles. The van der Waals surface area contributed by atoms with Gasteiger partial charge in [0.1, 0.15) is 5.82 Å². The number of benzene rings is 1. The normalized spacial score (nSPS) is 17.4. The molecule has 0 saturated carbocycles. The molecule has 1 aromatic heterocycles. The van der Waals surface area contributed by atoms with Crippen molar-refractivity contribution in [3.63, 3.8) is 0 Å². The first-order chi connectivity index (χ1) is 10.9. The SMILES string of the molecule is OC[C@@H](NC1CCN(c2ccccn2)CC1)c1ccccc1. The molecule has 4 nitrogen and oxygen atoms in total. The largest absolute Gasteiger partial charge is 0.394 e. The van der Waals surface area contributed by atoms with E-state index in [0.29, 0.717) is 6.04 Å². The summed E-state index contributed by atoms with van der Waals surface area (Å²) in [7, 11) is 0. The maximum atomic E-state index is 9.66. The quantitative estimate of drug-likeness (QED) is 0.889. The van der Waals surface area contributed by atoms with E-state index in [1.807, 2.05) is 36.5 Å². The van der Waals surface area contributed by atoms with Crippen LogP contribution in [0.3, 0.4) is 0 Å². The summed E-state index contributed by atoms with van der Waals surface area (Å²) in [5, 5.41) is 13.3. The molecule has 4 heteroatoms. The standard InChI is InChI=1S/C18H23N3O/c22-14-17(15-6-2-1-3-7-15)20-16-9-12-21(13-10-16)18-8-4-5-11-19-18/h1-8,11,16-17,20,22H,9-10,12-14H2/t17-/m1/s1. The van der Waals surface area contributed by atoms with Crippen molar-refractivity contribution in [2.24, 2.45) is 0 Å². The van der Waals surface area contributed by atoms with Gasteiger partial charge in [0.15, 0.2) is 0 Å². The van der Waals surface area contributed by atoms with E-state index in [4.69, 9.17) is 0 Å². The van der Waals surface area contributed by atoms with Gasteiger partial charge in [-0.15, -0.1) is 0 Å². The zero-order chi connectivity index (χ0) is 15.2. The van der Waals surface area contributed by atoms with E-state index in [-0.39, 0.29) is 12.6 Å². The Morgan fingerprint density at radius 1 is 1.09 bits per heavy atom. The van der Waals surface area contributed by atoms with Gasteiger partial charge < -0.3 is 15.3 Å². The fourth-order valence-electron chi connectivity index (χ4n) is 3.04. The number of nitrogens with one attached hydrogen (secondary N) is 1. The Morgan fingerprint density at radius 2 is 1.82 bits per heavy atom. The third-order valence-corrected chi connectivity index (χ3v) is 4.29. The van der Waals surface area contributed by atoms with Crippen LogP contribution in [0.1, 0.15) is 24.4 Å². The number of piperidine rings is 1. The van der Waals surface area contributed by atoms with Crippen LogP contribution >= 0.6 is 0 Å². The molecule has 22 heavy (non-hydrogen) atoms. The van der Waals surface area contributed by atoms with Gasteiger partial charge in [0.2, 0.25) is 0 Å². The van der Waals surface area contributed by atoms with Crippen LogP contribution < -0.4 is 10.2 Å². The lowest BCUT2D eigenvalue weighted by molar-refractivity contribution is 0.225. The molecule has 1 saturated heterocycles. The van der Waals surface area contributed by atoms with E-state index < -0.39 is 0 Å². The van der Waals surface area contributed by atoms with Gasteiger partial charge in [0.25, 0.3) is 0 Å². The molecule has 1 fully saturated rings. The third kappa shape index (κ3) is 3.64. The molecule has 116 valence electrons. The smallest absolute Gasteiger partial charge is 0.128 e. The van der Waals surface area contributed by atoms with Crippen molar-refractivity contribution in [2.45, 2.75) is 24.9 Å². The molecular formula is C18H23N3O. The van der Waals surface area contributed by atoms with Gasteiger partial charge in [-0.25, -0.2) is 4.98 Å². The highest BCUT2D eigenvalue weighted by Crippen LogP contribution is 2.20. The summed E-state index contributed by atoms with van der Waals surface area (Å²) < 4.78 is 0. The molecule has 2 N–H and O–H groups in total. The Balaban J connectivity index is 1.55. The fraction of sp³-hybridized carbons (Fsp3) is 0.389. The lowest BCUT2D eigenvalue weighted by Crippen LogP contribution is -2.44. The van der Waals surface area contributed by atoms with Crippen LogP contribution in [0, 0.1) is 0 Å². The van der Waals surface area contributed by atoms with Gasteiger partial charge in [-0.1, -0.05) is 36.4 Å². The molecule has 3 rings (SSSR count). The number of hydrogen-bond acceptors (Lipinski definition) is 4. The van der Waals surface area contributed by atoms with Gasteiger partial charge in [-0.3, -0.25) is 0 Å². The van der Waals surface area contributed by atoms with E-state index in [9.17, 15) is 5.11 Å². The third-order valence-electron chi connectivity index (χ3n) is 4.29. The number of pyridine rings is 1. The van der Waals surface area contributed by atoms with Crippen LogP contribution in [0.5, 0.6) is 0 Å².